The molecular formula is C13H13FN2OS. The lowest BCUT2D eigenvalue weighted by molar-refractivity contribution is 0.469. The van der Waals surface area contributed by atoms with E-state index in [1.807, 2.05) is 5.38 Å². The summed E-state index contributed by atoms with van der Waals surface area (Å²) in [5.41, 5.74) is 1.43. The molecule has 94 valence electrons. The summed E-state index contributed by atoms with van der Waals surface area (Å²) in [6.45, 7) is 1.02. The smallest absolute Gasteiger partial charge is 0.137 e. The molecule has 0 saturated carbocycles. The number of thiazole rings is 1. The highest BCUT2D eigenvalue weighted by Gasteiger charge is 2.20. The molecule has 1 atom stereocenters. The van der Waals surface area contributed by atoms with Gasteiger partial charge in [0.2, 0.25) is 0 Å². The van der Waals surface area contributed by atoms with Crippen LogP contribution in [-0.4, -0.2) is 16.6 Å². The van der Waals surface area contributed by atoms with Crippen LogP contribution in [0.5, 0.6) is 5.75 Å². The summed E-state index contributed by atoms with van der Waals surface area (Å²) in [4.78, 5) is 4.49. The van der Waals surface area contributed by atoms with Crippen molar-refractivity contribution in [3.8, 4) is 16.3 Å². The fourth-order valence-electron chi connectivity index (χ4n) is 2.18. The number of phenolic OH excluding ortho intramolecular Hbond substituents is 1. The second-order valence-corrected chi connectivity index (χ2v) is 5.25. The van der Waals surface area contributed by atoms with Gasteiger partial charge in [0.05, 0.1) is 11.7 Å². The van der Waals surface area contributed by atoms with Crippen molar-refractivity contribution >= 4 is 11.3 Å². The van der Waals surface area contributed by atoms with Crippen LogP contribution in [0, 0.1) is 5.82 Å². The number of nitrogens with zero attached hydrogens (tertiary/aromatic N) is 1. The molecule has 1 fully saturated rings. The number of aromatic nitrogens is 1. The summed E-state index contributed by atoms with van der Waals surface area (Å²) in [5, 5.41) is 15.2. The molecule has 3 nitrogen and oxygen atoms in total. The van der Waals surface area contributed by atoms with Crippen LogP contribution in [0.25, 0.3) is 10.6 Å². The van der Waals surface area contributed by atoms with E-state index in [1.54, 1.807) is 6.07 Å². The van der Waals surface area contributed by atoms with Crippen LogP contribution in [0.2, 0.25) is 0 Å². The van der Waals surface area contributed by atoms with Crippen molar-refractivity contribution in [1.29, 1.82) is 0 Å². The Bertz CT molecular complexity index is 564. The van der Waals surface area contributed by atoms with Gasteiger partial charge in [-0.2, -0.15) is 0 Å². The number of rotatable bonds is 2. The van der Waals surface area contributed by atoms with E-state index in [9.17, 15) is 9.50 Å². The van der Waals surface area contributed by atoms with E-state index in [2.05, 4.69) is 10.3 Å². The van der Waals surface area contributed by atoms with Gasteiger partial charge in [-0.25, -0.2) is 9.37 Å². The average molecular weight is 264 g/mol. The molecule has 1 unspecified atom stereocenters. The monoisotopic (exact) mass is 264 g/mol. The van der Waals surface area contributed by atoms with Gasteiger partial charge < -0.3 is 10.4 Å². The minimum absolute atomic E-state index is 0.0644. The van der Waals surface area contributed by atoms with Crippen LogP contribution >= 0.6 is 11.3 Å². The van der Waals surface area contributed by atoms with Crippen molar-refractivity contribution in [3.05, 3.63) is 35.1 Å². The zero-order valence-electron chi connectivity index (χ0n) is 9.69. The highest BCUT2D eigenvalue weighted by molar-refractivity contribution is 7.13. The molecule has 5 heteroatoms. The molecule has 0 spiro atoms. The maximum absolute atomic E-state index is 13.7. The third-order valence-corrected chi connectivity index (χ3v) is 4.02. The van der Waals surface area contributed by atoms with E-state index in [4.69, 9.17) is 0 Å². The Morgan fingerprint density at radius 2 is 2.33 bits per heavy atom. The summed E-state index contributed by atoms with van der Waals surface area (Å²) < 4.78 is 13.7. The molecule has 18 heavy (non-hydrogen) atoms. The van der Waals surface area contributed by atoms with Crippen molar-refractivity contribution < 1.29 is 9.50 Å². The minimum Gasteiger partial charge on any atom is -0.508 e. The first-order valence-corrected chi connectivity index (χ1v) is 6.80. The molecule has 0 aliphatic carbocycles. The normalized spacial score (nSPS) is 19.3. The predicted octanol–water partition coefficient (Wildman–Crippen LogP) is 3.08. The second-order valence-electron chi connectivity index (χ2n) is 4.39. The number of hydrogen-bond donors (Lipinski definition) is 2. The Kier molecular flexibility index (Phi) is 3.01. The van der Waals surface area contributed by atoms with Gasteiger partial charge in [0.1, 0.15) is 16.6 Å². The van der Waals surface area contributed by atoms with E-state index in [0.717, 1.165) is 31.1 Å². The topological polar surface area (TPSA) is 45.2 Å². The Hall–Kier alpha value is -1.46. The largest absolute Gasteiger partial charge is 0.508 e. The number of hydrogen-bond acceptors (Lipinski definition) is 4. The standard InChI is InChI=1S/C13H13FN2OS/c14-10-6-8(17)3-4-9(10)13-16-12(7-18-13)11-2-1-5-15-11/h3-4,6-7,11,15,17H,1-2,5H2. The van der Waals surface area contributed by atoms with Crippen molar-refractivity contribution in [2.75, 3.05) is 6.54 Å². The van der Waals surface area contributed by atoms with Gasteiger partial charge in [0.15, 0.2) is 0 Å². The maximum Gasteiger partial charge on any atom is 0.137 e. The van der Waals surface area contributed by atoms with Crippen LogP contribution in [0.15, 0.2) is 23.6 Å². The van der Waals surface area contributed by atoms with Gasteiger partial charge >= 0.3 is 0 Å². The van der Waals surface area contributed by atoms with Crippen LogP contribution in [0.3, 0.4) is 0 Å². The van der Waals surface area contributed by atoms with Crippen molar-refractivity contribution in [3.63, 3.8) is 0 Å². The van der Waals surface area contributed by atoms with Gasteiger partial charge in [-0.1, -0.05) is 0 Å². The molecule has 1 aliphatic heterocycles. The van der Waals surface area contributed by atoms with Gasteiger partial charge in [-0.05, 0) is 31.5 Å². The third kappa shape index (κ3) is 2.11. The van der Waals surface area contributed by atoms with Gasteiger partial charge in [0, 0.05) is 17.0 Å². The van der Waals surface area contributed by atoms with Crippen molar-refractivity contribution in [2.24, 2.45) is 0 Å². The van der Waals surface area contributed by atoms with E-state index in [0.29, 0.717) is 16.6 Å². The van der Waals surface area contributed by atoms with E-state index in [1.165, 1.54) is 17.4 Å². The summed E-state index contributed by atoms with van der Waals surface area (Å²) >= 11 is 1.44. The molecule has 2 heterocycles. The Balaban J connectivity index is 1.92. The summed E-state index contributed by atoms with van der Waals surface area (Å²) in [6, 6.07) is 4.46. The SMILES string of the molecule is Oc1ccc(-c2nc(C3CCCN3)cs2)c(F)c1. The lowest BCUT2D eigenvalue weighted by atomic mass is 10.2. The minimum atomic E-state index is -0.435. The Labute approximate surface area is 108 Å². The average Bonchev–Trinajstić information content (AvgIpc) is 2.99. The molecule has 3 rings (SSSR count). The van der Waals surface area contributed by atoms with Crippen molar-refractivity contribution in [1.82, 2.24) is 10.3 Å². The number of aromatic hydroxyl groups is 1. The predicted molar refractivity (Wildman–Crippen MR) is 69.2 cm³/mol. The van der Waals surface area contributed by atoms with Crippen LogP contribution in [-0.2, 0) is 0 Å². The first-order chi connectivity index (χ1) is 8.74. The first kappa shape index (κ1) is 11.6. The van der Waals surface area contributed by atoms with Crippen LogP contribution in [0.4, 0.5) is 4.39 Å². The zero-order valence-corrected chi connectivity index (χ0v) is 10.5. The third-order valence-electron chi connectivity index (χ3n) is 3.12. The molecule has 1 aromatic carbocycles. The van der Waals surface area contributed by atoms with E-state index in [-0.39, 0.29) is 5.75 Å². The number of nitrogens with one attached hydrogen (secondary N) is 1. The first-order valence-electron chi connectivity index (χ1n) is 5.92. The van der Waals surface area contributed by atoms with Crippen LogP contribution in [0.1, 0.15) is 24.6 Å². The second kappa shape index (κ2) is 4.66. The molecule has 2 N–H and O–H groups in total. The molecule has 2 aromatic rings. The van der Waals surface area contributed by atoms with Gasteiger partial charge in [0.25, 0.3) is 0 Å². The Morgan fingerprint density at radius 3 is 3.06 bits per heavy atom. The van der Waals surface area contributed by atoms with Crippen molar-refractivity contribution in [2.45, 2.75) is 18.9 Å². The highest BCUT2D eigenvalue weighted by atomic mass is 32.1. The molecule has 1 saturated heterocycles. The van der Waals surface area contributed by atoms with Gasteiger partial charge in [-0.15, -0.1) is 11.3 Å². The zero-order chi connectivity index (χ0) is 12.5. The van der Waals surface area contributed by atoms with Crippen LogP contribution < -0.4 is 5.32 Å². The molecule has 0 amide bonds. The molecule has 0 bridgehead atoms. The summed E-state index contributed by atoms with van der Waals surface area (Å²) in [7, 11) is 0. The fraction of sp³-hybridized carbons (Fsp3) is 0.308. The number of halogens is 1. The number of benzene rings is 1. The maximum atomic E-state index is 13.7. The highest BCUT2D eigenvalue weighted by Crippen LogP contribution is 2.31. The molecule has 0 radical (unpaired) electrons. The summed E-state index contributed by atoms with van der Waals surface area (Å²) in [6.07, 6.45) is 2.24. The lowest BCUT2D eigenvalue weighted by Gasteiger charge is -2.05. The number of phenols is 1. The molecular weight excluding hydrogens is 251 g/mol. The van der Waals surface area contributed by atoms with Gasteiger partial charge in [-0.3, -0.25) is 0 Å². The molecule has 1 aliphatic rings. The quantitative estimate of drug-likeness (QED) is 0.876. The van der Waals surface area contributed by atoms with E-state index < -0.39 is 5.82 Å². The summed E-state index contributed by atoms with van der Waals surface area (Å²) in [5.74, 6) is -0.499. The van der Waals surface area contributed by atoms with E-state index >= 15 is 0 Å². The fourth-order valence-corrected chi connectivity index (χ4v) is 3.08. The lowest BCUT2D eigenvalue weighted by Crippen LogP contribution is -2.12. The molecule has 1 aromatic heterocycles. The Morgan fingerprint density at radius 1 is 1.44 bits per heavy atom.